The Morgan fingerprint density at radius 2 is 1.75 bits per heavy atom. The topological polar surface area (TPSA) is 50.7 Å². The van der Waals surface area contributed by atoms with Crippen LogP contribution in [-0.4, -0.2) is 15.2 Å². The van der Waals surface area contributed by atoms with Crippen molar-refractivity contribution in [2.75, 3.05) is 5.32 Å². The maximum atomic E-state index is 4.47. The molecule has 2 heterocycles. The first kappa shape index (κ1) is 15.9. The van der Waals surface area contributed by atoms with Crippen LogP contribution in [0.25, 0.3) is 10.8 Å². The Kier molecular flexibility index (Phi) is 4.96. The standard InChI is InChI=1S/C20H20N4/c1-3-7-16(4-2)22-20-18-9-6-5-8-17(18)19(23-24-20)14-15-10-12-21-13-11-15/h3-13H,14H2,1-2H3,(H,22,24)/b7-3-,16-4+. The Morgan fingerprint density at radius 1 is 1.00 bits per heavy atom. The summed E-state index contributed by atoms with van der Waals surface area (Å²) in [5.74, 6) is 0.773. The van der Waals surface area contributed by atoms with E-state index >= 15 is 0 Å². The maximum Gasteiger partial charge on any atom is 0.160 e. The SMILES string of the molecule is C/C=C\C(=C/C)Nc1nnc(Cc2ccncc2)c2ccccc12. The van der Waals surface area contributed by atoms with E-state index in [9.17, 15) is 0 Å². The molecule has 2 aromatic heterocycles. The van der Waals surface area contributed by atoms with Crippen molar-refractivity contribution >= 4 is 16.6 Å². The van der Waals surface area contributed by atoms with Crippen LogP contribution in [0, 0.1) is 0 Å². The number of anilines is 1. The second-order valence-corrected chi connectivity index (χ2v) is 5.44. The summed E-state index contributed by atoms with van der Waals surface area (Å²) in [5, 5.41) is 14.4. The van der Waals surface area contributed by atoms with E-state index in [-0.39, 0.29) is 0 Å². The number of nitrogens with one attached hydrogen (secondary N) is 1. The minimum absolute atomic E-state index is 0.738. The fourth-order valence-electron chi connectivity index (χ4n) is 2.60. The van der Waals surface area contributed by atoms with Gasteiger partial charge in [-0.2, -0.15) is 5.10 Å². The summed E-state index contributed by atoms with van der Waals surface area (Å²) >= 11 is 0. The summed E-state index contributed by atoms with van der Waals surface area (Å²) in [6.07, 6.45) is 10.4. The van der Waals surface area contributed by atoms with Crippen molar-refractivity contribution in [1.82, 2.24) is 15.2 Å². The lowest BCUT2D eigenvalue weighted by atomic mass is 10.0. The van der Waals surface area contributed by atoms with E-state index in [1.54, 1.807) is 12.4 Å². The van der Waals surface area contributed by atoms with Crippen LogP contribution in [0.1, 0.15) is 25.1 Å². The van der Waals surface area contributed by atoms with Gasteiger partial charge in [0.15, 0.2) is 5.82 Å². The zero-order chi connectivity index (χ0) is 16.8. The molecule has 1 aromatic carbocycles. The molecule has 0 spiro atoms. The van der Waals surface area contributed by atoms with E-state index in [4.69, 9.17) is 0 Å². The summed E-state index contributed by atoms with van der Waals surface area (Å²) in [4.78, 5) is 4.06. The Morgan fingerprint density at radius 3 is 2.46 bits per heavy atom. The van der Waals surface area contributed by atoms with Gasteiger partial charge in [0.1, 0.15) is 0 Å². The number of hydrogen-bond donors (Lipinski definition) is 1. The van der Waals surface area contributed by atoms with Crippen LogP contribution < -0.4 is 5.32 Å². The van der Waals surface area contributed by atoms with Crippen LogP contribution in [0.2, 0.25) is 0 Å². The predicted molar refractivity (Wildman–Crippen MR) is 98.8 cm³/mol. The number of benzene rings is 1. The van der Waals surface area contributed by atoms with Crippen molar-refractivity contribution < 1.29 is 0 Å². The third kappa shape index (κ3) is 3.49. The smallest absolute Gasteiger partial charge is 0.160 e. The molecule has 0 unspecified atom stereocenters. The van der Waals surface area contributed by atoms with Crippen LogP contribution in [0.15, 0.2) is 72.7 Å². The molecule has 0 amide bonds. The molecule has 0 bridgehead atoms. The molecule has 3 aromatic rings. The first-order valence-corrected chi connectivity index (χ1v) is 8.01. The summed E-state index contributed by atoms with van der Waals surface area (Å²) in [7, 11) is 0. The quantitative estimate of drug-likeness (QED) is 0.704. The number of pyridine rings is 1. The highest BCUT2D eigenvalue weighted by Crippen LogP contribution is 2.25. The molecule has 0 fully saturated rings. The monoisotopic (exact) mass is 316 g/mol. The van der Waals surface area contributed by atoms with E-state index in [0.717, 1.165) is 34.4 Å². The molecule has 4 nitrogen and oxygen atoms in total. The van der Waals surface area contributed by atoms with Gasteiger partial charge in [0.05, 0.1) is 5.69 Å². The summed E-state index contributed by atoms with van der Waals surface area (Å²) < 4.78 is 0. The molecular weight excluding hydrogens is 296 g/mol. The van der Waals surface area contributed by atoms with Crippen LogP contribution >= 0.6 is 0 Å². The highest BCUT2D eigenvalue weighted by atomic mass is 15.2. The normalized spacial score (nSPS) is 12.0. The minimum atomic E-state index is 0.738. The number of rotatable bonds is 5. The molecule has 24 heavy (non-hydrogen) atoms. The first-order chi connectivity index (χ1) is 11.8. The van der Waals surface area contributed by atoms with E-state index < -0.39 is 0 Å². The van der Waals surface area contributed by atoms with Crippen LogP contribution in [-0.2, 0) is 6.42 Å². The maximum absolute atomic E-state index is 4.47. The molecule has 0 aliphatic heterocycles. The van der Waals surface area contributed by atoms with Gasteiger partial charge in [0, 0.05) is 35.3 Å². The molecule has 0 atom stereocenters. The molecule has 4 heteroatoms. The zero-order valence-corrected chi connectivity index (χ0v) is 13.9. The van der Waals surface area contributed by atoms with Crippen molar-refractivity contribution in [3.63, 3.8) is 0 Å². The van der Waals surface area contributed by atoms with Gasteiger partial charge in [-0.1, -0.05) is 36.4 Å². The predicted octanol–water partition coefficient (Wildman–Crippen LogP) is 4.51. The van der Waals surface area contributed by atoms with Gasteiger partial charge in [0.2, 0.25) is 0 Å². The fraction of sp³-hybridized carbons (Fsp3) is 0.150. The van der Waals surface area contributed by atoms with E-state index in [1.165, 1.54) is 5.56 Å². The lowest BCUT2D eigenvalue weighted by Gasteiger charge is -2.11. The number of hydrogen-bond acceptors (Lipinski definition) is 4. The van der Waals surface area contributed by atoms with Crippen molar-refractivity contribution in [3.8, 4) is 0 Å². The number of allylic oxidation sites excluding steroid dienone is 3. The van der Waals surface area contributed by atoms with Crippen LogP contribution in [0.3, 0.4) is 0 Å². The summed E-state index contributed by atoms with van der Waals surface area (Å²) in [5.41, 5.74) is 3.14. The van der Waals surface area contributed by atoms with Gasteiger partial charge in [-0.3, -0.25) is 4.98 Å². The van der Waals surface area contributed by atoms with Gasteiger partial charge in [-0.05, 0) is 37.6 Å². The molecule has 3 rings (SSSR count). The third-order valence-corrected chi connectivity index (χ3v) is 3.80. The lowest BCUT2D eigenvalue weighted by molar-refractivity contribution is 0.958. The third-order valence-electron chi connectivity index (χ3n) is 3.80. The molecule has 0 aliphatic rings. The second kappa shape index (κ2) is 7.51. The number of fused-ring (bicyclic) bond motifs is 1. The Bertz CT molecular complexity index is 883. The molecule has 0 aliphatic carbocycles. The highest BCUT2D eigenvalue weighted by Gasteiger charge is 2.10. The number of nitrogens with zero attached hydrogens (tertiary/aromatic N) is 3. The fourth-order valence-corrected chi connectivity index (χ4v) is 2.60. The van der Waals surface area contributed by atoms with E-state index in [2.05, 4.69) is 32.6 Å². The average molecular weight is 316 g/mol. The largest absolute Gasteiger partial charge is 0.339 e. The summed E-state index contributed by atoms with van der Waals surface area (Å²) in [6.45, 7) is 3.99. The Labute approximate surface area is 142 Å². The van der Waals surface area contributed by atoms with E-state index in [0.29, 0.717) is 0 Å². The molecule has 0 saturated heterocycles. The van der Waals surface area contributed by atoms with Crippen LogP contribution in [0.4, 0.5) is 5.82 Å². The van der Waals surface area contributed by atoms with Crippen molar-refractivity contribution in [3.05, 3.63) is 84.0 Å². The van der Waals surface area contributed by atoms with Gasteiger partial charge < -0.3 is 5.32 Å². The van der Waals surface area contributed by atoms with E-state index in [1.807, 2.05) is 56.3 Å². The molecule has 0 saturated carbocycles. The van der Waals surface area contributed by atoms with Gasteiger partial charge in [-0.15, -0.1) is 5.10 Å². The summed E-state index contributed by atoms with van der Waals surface area (Å²) in [6, 6.07) is 12.2. The molecule has 120 valence electrons. The van der Waals surface area contributed by atoms with Crippen molar-refractivity contribution in [2.45, 2.75) is 20.3 Å². The lowest BCUT2D eigenvalue weighted by Crippen LogP contribution is -2.04. The second-order valence-electron chi connectivity index (χ2n) is 5.44. The van der Waals surface area contributed by atoms with Crippen molar-refractivity contribution in [2.24, 2.45) is 0 Å². The molecule has 0 radical (unpaired) electrons. The average Bonchev–Trinajstić information content (AvgIpc) is 2.64. The first-order valence-electron chi connectivity index (χ1n) is 8.01. The van der Waals surface area contributed by atoms with Crippen molar-refractivity contribution in [1.29, 1.82) is 0 Å². The van der Waals surface area contributed by atoms with Crippen LogP contribution in [0.5, 0.6) is 0 Å². The Balaban J connectivity index is 2.01. The Hall–Kier alpha value is -3.01. The minimum Gasteiger partial charge on any atom is -0.339 e. The molecular formula is C20H20N4. The zero-order valence-electron chi connectivity index (χ0n) is 13.9. The van der Waals surface area contributed by atoms with Gasteiger partial charge >= 0.3 is 0 Å². The molecule has 1 N–H and O–H groups in total. The van der Waals surface area contributed by atoms with Gasteiger partial charge in [0.25, 0.3) is 0 Å². The number of aromatic nitrogens is 3. The highest BCUT2D eigenvalue weighted by molar-refractivity contribution is 5.93. The van der Waals surface area contributed by atoms with Gasteiger partial charge in [-0.25, -0.2) is 0 Å².